The molecule has 5 N–H and O–H groups in total. The van der Waals surface area contributed by atoms with Crippen LogP contribution in [0.3, 0.4) is 0 Å². The van der Waals surface area contributed by atoms with E-state index in [1.807, 2.05) is 31.2 Å². The van der Waals surface area contributed by atoms with Crippen LogP contribution in [0.25, 0.3) is 0 Å². The van der Waals surface area contributed by atoms with Crippen LogP contribution in [0.5, 0.6) is 5.75 Å². The summed E-state index contributed by atoms with van der Waals surface area (Å²) in [4.78, 5) is 67.7. The summed E-state index contributed by atoms with van der Waals surface area (Å²) in [5.74, 6) is -0.951. The van der Waals surface area contributed by atoms with Crippen LogP contribution in [0.4, 0.5) is 27.4 Å². The van der Waals surface area contributed by atoms with E-state index in [0.29, 0.717) is 60.7 Å². The number of fused-ring (bicyclic) bond motifs is 1. The second-order valence-electron chi connectivity index (χ2n) is 16.0. The molecular formula is C42H53FN10O6. The molecule has 1 unspecified atom stereocenters. The molecule has 2 aromatic carbocycles. The summed E-state index contributed by atoms with van der Waals surface area (Å²) < 4.78 is 26.7. The summed E-state index contributed by atoms with van der Waals surface area (Å²) in [5, 5.41) is 9.09. The Bertz CT molecular complexity index is 2100. The third-order valence-electron chi connectivity index (χ3n) is 12.3. The highest BCUT2D eigenvalue weighted by molar-refractivity contribution is 6.05. The number of hydrogen-bond donors (Lipinski definition) is 4. The van der Waals surface area contributed by atoms with Crippen molar-refractivity contribution in [3.8, 4) is 5.75 Å². The Morgan fingerprint density at radius 1 is 0.983 bits per heavy atom. The minimum atomic E-state index is -0.774. The van der Waals surface area contributed by atoms with Crippen molar-refractivity contribution >= 4 is 46.6 Å². The van der Waals surface area contributed by atoms with Gasteiger partial charge in [-0.2, -0.15) is 0 Å². The van der Waals surface area contributed by atoms with E-state index in [-0.39, 0.29) is 48.4 Å². The molecule has 314 valence electrons. The standard InChI is InChI=1S/C42H53FN10O6/c1-3-31-39(45-27-10-18-59-19-11-27)49-40(37(47-31)38(44)55)46-28-4-5-32(34(22-28)58-2)52-12-8-29(9-13-52)51-16-14-50(15-17-51)23-25-20-26-24-53(42(57)36(26)30(43)21-25)33-6-7-35(54)48-41(33)56/h4-5,20-22,27,29,33H,3,6-19,23-24H2,1-2H3,(H2,44,55)(H2,45,46,49)(H,48,54,56). The summed E-state index contributed by atoms with van der Waals surface area (Å²) in [5.41, 5.74) is 9.64. The molecule has 1 aromatic heterocycles. The lowest BCUT2D eigenvalue weighted by atomic mass is 10.0. The van der Waals surface area contributed by atoms with Gasteiger partial charge in [-0.25, -0.2) is 14.4 Å². The smallest absolute Gasteiger partial charge is 0.271 e. The summed E-state index contributed by atoms with van der Waals surface area (Å²) in [7, 11) is 1.66. The van der Waals surface area contributed by atoms with Crippen molar-refractivity contribution in [3.63, 3.8) is 0 Å². The SMILES string of the molecule is CCc1nc(C(N)=O)c(Nc2ccc(N3CCC(N4CCN(Cc5cc(F)c6c(c5)CN(C5CCC(=O)NC5=O)C6=O)CC4)CC3)c(OC)c2)nc1NC1CCOCC1. The van der Waals surface area contributed by atoms with Crippen LogP contribution in [0.1, 0.15) is 83.1 Å². The predicted molar refractivity (Wildman–Crippen MR) is 218 cm³/mol. The van der Waals surface area contributed by atoms with E-state index >= 15 is 4.39 Å². The molecule has 4 fully saturated rings. The molecule has 4 saturated heterocycles. The van der Waals surface area contributed by atoms with Gasteiger partial charge < -0.3 is 35.6 Å². The number of aryl methyl sites for hydroxylation is 1. The summed E-state index contributed by atoms with van der Waals surface area (Å²) in [6.45, 7) is 9.31. The van der Waals surface area contributed by atoms with Gasteiger partial charge in [0, 0.05) is 95.8 Å². The van der Waals surface area contributed by atoms with Crippen molar-refractivity contribution < 1.29 is 33.0 Å². The number of imide groups is 1. The minimum absolute atomic E-state index is 0.0269. The minimum Gasteiger partial charge on any atom is -0.495 e. The van der Waals surface area contributed by atoms with Crippen molar-refractivity contribution in [2.45, 2.75) is 83.1 Å². The van der Waals surface area contributed by atoms with Crippen molar-refractivity contribution in [1.82, 2.24) is 30.0 Å². The molecule has 1 atom stereocenters. The number of ether oxygens (including phenoxy) is 2. The van der Waals surface area contributed by atoms with Crippen LogP contribution in [0.15, 0.2) is 30.3 Å². The molecule has 17 heteroatoms. The summed E-state index contributed by atoms with van der Waals surface area (Å²) in [6, 6.07) is 9.11. The van der Waals surface area contributed by atoms with Crippen LogP contribution >= 0.6 is 0 Å². The number of methoxy groups -OCH3 is 1. The number of piperidine rings is 2. The fraction of sp³-hybridized carbons (Fsp3) is 0.524. The topological polar surface area (TPSA) is 188 Å². The molecule has 0 aliphatic carbocycles. The number of aromatic nitrogens is 2. The second kappa shape index (κ2) is 17.5. The highest BCUT2D eigenvalue weighted by atomic mass is 19.1. The lowest BCUT2D eigenvalue weighted by Gasteiger charge is -2.43. The van der Waals surface area contributed by atoms with Crippen LogP contribution in [0.2, 0.25) is 0 Å². The Morgan fingerprint density at radius 3 is 2.44 bits per heavy atom. The molecule has 8 rings (SSSR count). The maximum atomic E-state index is 15.3. The highest BCUT2D eigenvalue weighted by Gasteiger charge is 2.41. The summed E-state index contributed by atoms with van der Waals surface area (Å²) >= 11 is 0. The van der Waals surface area contributed by atoms with Gasteiger partial charge in [-0.3, -0.25) is 34.3 Å². The first-order chi connectivity index (χ1) is 28.6. The fourth-order valence-electron chi connectivity index (χ4n) is 9.11. The number of anilines is 4. The molecule has 4 amide bonds. The van der Waals surface area contributed by atoms with Crippen LogP contribution in [0, 0.1) is 5.82 Å². The summed E-state index contributed by atoms with van der Waals surface area (Å²) in [6.07, 6.45) is 4.71. The average Bonchev–Trinajstić information content (AvgIpc) is 3.57. The number of carbonyl (C=O) groups excluding carboxylic acids is 4. The number of nitrogens with one attached hydrogen (secondary N) is 3. The monoisotopic (exact) mass is 812 g/mol. The van der Waals surface area contributed by atoms with Crippen molar-refractivity contribution in [1.29, 1.82) is 0 Å². The number of hydrogen-bond acceptors (Lipinski definition) is 13. The first-order valence-corrected chi connectivity index (χ1v) is 20.8. The molecule has 5 aliphatic rings. The van der Waals surface area contributed by atoms with Gasteiger partial charge in [0.1, 0.15) is 17.6 Å². The molecule has 6 heterocycles. The normalized spacial score (nSPS) is 21.1. The zero-order valence-electron chi connectivity index (χ0n) is 33.7. The Morgan fingerprint density at radius 2 is 1.75 bits per heavy atom. The van der Waals surface area contributed by atoms with Gasteiger partial charge in [0.05, 0.1) is 24.1 Å². The quantitative estimate of drug-likeness (QED) is 0.196. The number of benzene rings is 2. The van der Waals surface area contributed by atoms with Crippen LogP contribution < -0.4 is 31.3 Å². The Labute approximate surface area is 343 Å². The van der Waals surface area contributed by atoms with Crippen molar-refractivity contribution in [2.75, 3.05) is 75.1 Å². The molecular weight excluding hydrogens is 760 g/mol. The molecule has 3 aromatic rings. The van der Waals surface area contributed by atoms with E-state index in [1.54, 1.807) is 7.11 Å². The Hall–Kier alpha value is -5.39. The maximum Gasteiger partial charge on any atom is 0.271 e. The van der Waals surface area contributed by atoms with E-state index < -0.39 is 29.6 Å². The number of amides is 4. The van der Waals surface area contributed by atoms with Crippen molar-refractivity contribution in [2.24, 2.45) is 5.73 Å². The predicted octanol–water partition coefficient (Wildman–Crippen LogP) is 3.17. The van der Waals surface area contributed by atoms with Crippen molar-refractivity contribution in [3.05, 3.63) is 64.2 Å². The largest absolute Gasteiger partial charge is 0.495 e. The third kappa shape index (κ3) is 8.68. The first-order valence-electron chi connectivity index (χ1n) is 20.8. The van der Waals surface area contributed by atoms with Gasteiger partial charge >= 0.3 is 0 Å². The number of nitrogens with two attached hydrogens (primary N) is 1. The molecule has 16 nitrogen and oxygen atoms in total. The Balaban J connectivity index is 0.850. The van der Waals surface area contributed by atoms with Gasteiger partial charge in [-0.05, 0) is 67.9 Å². The van der Waals surface area contributed by atoms with E-state index in [0.717, 1.165) is 76.2 Å². The molecule has 5 aliphatic heterocycles. The zero-order chi connectivity index (χ0) is 41.2. The third-order valence-corrected chi connectivity index (χ3v) is 12.3. The zero-order valence-corrected chi connectivity index (χ0v) is 33.7. The van der Waals surface area contributed by atoms with Crippen LogP contribution in [-0.4, -0.2) is 126 Å². The molecule has 0 saturated carbocycles. The molecule has 0 radical (unpaired) electrons. The van der Waals surface area contributed by atoms with E-state index in [9.17, 15) is 19.2 Å². The Kier molecular flexibility index (Phi) is 11.9. The van der Waals surface area contributed by atoms with Gasteiger partial charge in [0.15, 0.2) is 17.3 Å². The fourth-order valence-corrected chi connectivity index (χ4v) is 9.11. The number of nitrogens with zero attached hydrogens (tertiary/aromatic N) is 6. The second-order valence-corrected chi connectivity index (χ2v) is 16.0. The van der Waals surface area contributed by atoms with Gasteiger partial charge in [-0.1, -0.05) is 13.0 Å². The lowest BCUT2D eigenvalue weighted by Crippen LogP contribution is -2.53. The number of halogens is 1. The van der Waals surface area contributed by atoms with Crippen LogP contribution in [-0.2, 0) is 33.8 Å². The van der Waals surface area contributed by atoms with E-state index in [4.69, 9.17) is 20.2 Å². The van der Waals surface area contributed by atoms with Gasteiger partial charge in [0.2, 0.25) is 11.8 Å². The van der Waals surface area contributed by atoms with Gasteiger partial charge in [-0.15, -0.1) is 0 Å². The number of piperazine rings is 1. The number of primary amides is 1. The number of rotatable bonds is 12. The molecule has 0 bridgehead atoms. The first kappa shape index (κ1) is 40.4. The van der Waals surface area contributed by atoms with E-state index in [1.165, 1.54) is 11.0 Å². The lowest BCUT2D eigenvalue weighted by molar-refractivity contribution is -0.136. The van der Waals surface area contributed by atoms with Gasteiger partial charge in [0.25, 0.3) is 11.8 Å². The maximum absolute atomic E-state index is 15.3. The molecule has 0 spiro atoms. The molecule has 59 heavy (non-hydrogen) atoms. The number of carbonyl (C=O) groups is 4. The van der Waals surface area contributed by atoms with E-state index in [2.05, 4.69) is 35.6 Å². The average molecular weight is 813 g/mol. The highest BCUT2D eigenvalue weighted by Crippen LogP contribution is 2.36.